The molecule has 2 atom stereocenters. The summed E-state index contributed by atoms with van der Waals surface area (Å²) in [5.74, 6) is -0.524. The normalized spacial score (nSPS) is 17.5. The predicted molar refractivity (Wildman–Crippen MR) is 111 cm³/mol. The number of Topliss-reactive ketones (excluding diaryl/α,β-unsaturated/α-hetero) is 1. The molecular weight excluding hydrogens is 391 g/mol. The molecule has 0 N–H and O–H groups in total. The van der Waals surface area contributed by atoms with Crippen molar-refractivity contribution in [2.75, 3.05) is 6.61 Å². The van der Waals surface area contributed by atoms with Crippen LogP contribution in [0.15, 0.2) is 58.5 Å². The van der Waals surface area contributed by atoms with Gasteiger partial charge in [-0.05, 0) is 56.2 Å². The van der Waals surface area contributed by atoms with Gasteiger partial charge in [0.05, 0.1) is 28.8 Å². The van der Waals surface area contributed by atoms with Crippen LogP contribution in [0.5, 0.6) is 0 Å². The van der Waals surface area contributed by atoms with E-state index in [9.17, 15) is 14.0 Å². The number of benzene rings is 2. The Bertz CT molecular complexity index is 1090. The Kier molecular flexibility index (Phi) is 5.78. The van der Waals surface area contributed by atoms with E-state index in [0.717, 1.165) is 12.8 Å². The van der Waals surface area contributed by atoms with Crippen LogP contribution in [0.25, 0.3) is 10.9 Å². The molecule has 1 aromatic heterocycles. The summed E-state index contributed by atoms with van der Waals surface area (Å²) in [6.45, 7) is 2.88. The van der Waals surface area contributed by atoms with Gasteiger partial charge in [0, 0.05) is 12.2 Å². The highest BCUT2D eigenvalue weighted by Gasteiger charge is 2.23. The molecule has 0 bridgehead atoms. The highest BCUT2D eigenvalue weighted by Crippen LogP contribution is 2.26. The van der Waals surface area contributed by atoms with Crippen molar-refractivity contribution < 1.29 is 13.9 Å². The quantitative estimate of drug-likeness (QED) is 0.347. The summed E-state index contributed by atoms with van der Waals surface area (Å²) in [5, 5.41) is 0.559. The molecule has 7 heteroatoms. The third-order valence-corrected chi connectivity index (χ3v) is 6.11. The van der Waals surface area contributed by atoms with Crippen molar-refractivity contribution in [1.82, 2.24) is 9.55 Å². The maximum Gasteiger partial charge on any atom is 0.262 e. The maximum absolute atomic E-state index is 13.2. The summed E-state index contributed by atoms with van der Waals surface area (Å²) in [5.41, 5.74) is 0.903. The van der Waals surface area contributed by atoms with Crippen LogP contribution in [0.4, 0.5) is 4.39 Å². The minimum absolute atomic E-state index is 0.0295. The van der Waals surface area contributed by atoms with Gasteiger partial charge < -0.3 is 4.74 Å². The number of para-hydroxylation sites is 1. The fourth-order valence-corrected chi connectivity index (χ4v) is 4.45. The summed E-state index contributed by atoms with van der Waals surface area (Å²) >= 11 is 1.24. The molecule has 4 rings (SSSR count). The van der Waals surface area contributed by atoms with Crippen molar-refractivity contribution in [3.05, 3.63) is 70.3 Å². The molecule has 0 saturated carbocycles. The molecule has 2 heterocycles. The molecule has 0 amide bonds. The first-order chi connectivity index (χ1) is 14.0. The molecule has 3 aromatic rings. The number of hydrogen-bond acceptors (Lipinski definition) is 5. The summed E-state index contributed by atoms with van der Waals surface area (Å²) < 4.78 is 20.5. The largest absolute Gasteiger partial charge is 0.376 e. The number of nitrogens with zero attached hydrogens (tertiary/aromatic N) is 2. The Morgan fingerprint density at radius 3 is 2.76 bits per heavy atom. The van der Waals surface area contributed by atoms with Crippen LogP contribution in [-0.4, -0.2) is 33.3 Å². The van der Waals surface area contributed by atoms with E-state index < -0.39 is 5.25 Å². The fourth-order valence-electron chi connectivity index (χ4n) is 3.45. The average Bonchev–Trinajstić information content (AvgIpc) is 3.24. The first-order valence-corrected chi connectivity index (χ1v) is 10.5. The van der Waals surface area contributed by atoms with Crippen LogP contribution in [0, 0.1) is 5.82 Å². The van der Waals surface area contributed by atoms with Gasteiger partial charge in [-0.15, -0.1) is 0 Å². The topological polar surface area (TPSA) is 61.2 Å². The van der Waals surface area contributed by atoms with Crippen LogP contribution in [-0.2, 0) is 11.3 Å². The summed E-state index contributed by atoms with van der Waals surface area (Å²) in [4.78, 5) is 30.6. The summed E-state index contributed by atoms with van der Waals surface area (Å²) in [7, 11) is 0. The highest BCUT2D eigenvalue weighted by atomic mass is 32.2. The van der Waals surface area contributed by atoms with Gasteiger partial charge in [0.2, 0.25) is 0 Å². The predicted octanol–water partition coefficient (Wildman–Crippen LogP) is 4.08. The van der Waals surface area contributed by atoms with E-state index in [-0.39, 0.29) is 23.3 Å². The number of rotatable bonds is 6. The second-order valence-electron chi connectivity index (χ2n) is 7.09. The van der Waals surface area contributed by atoms with Crippen LogP contribution in [0.3, 0.4) is 0 Å². The van der Waals surface area contributed by atoms with Gasteiger partial charge >= 0.3 is 0 Å². The number of fused-ring (bicyclic) bond motifs is 1. The van der Waals surface area contributed by atoms with E-state index in [1.807, 2.05) is 12.1 Å². The molecule has 1 aliphatic rings. The first-order valence-electron chi connectivity index (χ1n) is 9.60. The standard InChI is InChI=1S/C22H21FN2O3S/c1-14(20(26)15-8-10-16(23)11-9-15)29-22-24-19-7-3-2-6-18(19)21(27)25(22)13-17-5-4-12-28-17/h2-3,6-11,14,17H,4-5,12-13H2,1H3/t14-,17+/m1/s1. The van der Waals surface area contributed by atoms with E-state index in [2.05, 4.69) is 4.98 Å². The molecular formula is C22H21FN2O3S. The van der Waals surface area contributed by atoms with Crippen LogP contribution in [0.1, 0.15) is 30.1 Å². The van der Waals surface area contributed by atoms with Gasteiger partial charge in [-0.3, -0.25) is 14.2 Å². The molecule has 0 spiro atoms. The molecule has 0 aliphatic carbocycles. The van der Waals surface area contributed by atoms with Crippen molar-refractivity contribution >= 4 is 28.4 Å². The smallest absolute Gasteiger partial charge is 0.262 e. The van der Waals surface area contributed by atoms with Crippen molar-refractivity contribution in [3.63, 3.8) is 0 Å². The number of thioether (sulfide) groups is 1. The van der Waals surface area contributed by atoms with E-state index in [4.69, 9.17) is 4.74 Å². The van der Waals surface area contributed by atoms with E-state index in [0.29, 0.717) is 34.8 Å². The Morgan fingerprint density at radius 1 is 1.28 bits per heavy atom. The van der Waals surface area contributed by atoms with Gasteiger partial charge in [-0.25, -0.2) is 9.37 Å². The van der Waals surface area contributed by atoms with E-state index >= 15 is 0 Å². The minimum Gasteiger partial charge on any atom is -0.376 e. The highest BCUT2D eigenvalue weighted by molar-refractivity contribution is 8.00. The van der Waals surface area contributed by atoms with Gasteiger partial charge in [0.1, 0.15) is 5.82 Å². The lowest BCUT2D eigenvalue weighted by atomic mass is 10.1. The van der Waals surface area contributed by atoms with Crippen LogP contribution >= 0.6 is 11.8 Å². The average molecular weight is 412 g/mol. The zero-order valence-electron chi connectivity index (χ0n) is 16.0. The Labute approximate surface area is 171 Å². The van der Waals surface area contributed by atoms with E-state index in [1.165, 1.54) is 36.0 Å². The summed E-state index contributed by atoms with van der Waals surface area (Å²) in [6, 6.07) is 12.7. The number of ketones is 1. The fraction of sp³-hybridized carbons (Fsp3) is 0.318. The van der Waals surface area contributed by atoms with Gasteiger partial charge in [0.25, 0.3) is 5.56 Å². The van der Waals surface area contributed by atoms with E-state index in [1.54, 1.807) is 23.6 Å². The number of ether oxygens (including phenoxy) is 1. The lowest BCUT2D eigenvalue weighted by Gasteiger charge is -2.18. The monoisotopic (exact) mass is 412 g/mol. The maximum atomic E-state index is 13.2. The lowest BCUT2D eigenvalue weighted by molar-refractivity contribution is 0.0937. The Balaban J connectivity index is 1.68. The van der Waals surface area contributed by atoms with Crippen LogP contribution < -0.4 is 5.56 Å². The molecule has 1 fully saturated rings. The Morgan fingerprint density at radius 2 is 2.03 bits per heavy atom. The number of carbonyl (C=O) groups is 1. The molecule has 1 aliphatic heterocycles. The Hall–Kier alpha value is -2.51. The molecule has 2 aromatic carbocycles. The summed E-state index contributed by atoms with van der Waals surface area (Å²) in [6.07, 6.45) is 1.84. The SMILES string of the molecule is C[C@@H](Sc1nc2ccccc2c(=O)n1C[C@@H]1CCCO1)C(=O)c1ccc(F)cc1. The second kappa shape index (κ2) is 8.47. The number of hydrogen-bond donors (Lipinski definition) is 0. The number of carbonyl (C=O) groups excluding carboxylic acids is 1. The lowest BCUT2D eigenvalue weighted by Crippen LogP contribution is -2.29. The van der Waals surface area contributed by atoms with Crippen molar-refractivity contribution in [3.8, 4) is 0 Å². The molecule has 150 valence electrons. The molecule has 1 saturated heterocycles. The van der Waals surface area contributed by atoms with Crippen molar-refractivity contribution in [2.45, 2.75) is 42.8 Å². The molecule has 5 nitrogen and oxygen atoms in total. The second-order valence-corrected chi connectivity index (χ2v) is 8.40. The van der Waals surface area contributed by atoms with Gasteiger partial charge in [-0.1, -0.05) is 23.9 Å². The molecule has 0 unspecified atom stereocenters. The van der Waals surface area contributed by atoms with Gasteiger partial charge in [0.15, 0.2) is 10.9 Å². The third kappa shape index (κ3) is 4.26. The van der Waals surface area contributed by atoms with Crippen LogP contribution in [0.2, 0.25) is 0 Å². The molecule has 0 radical (unpaired) electrons. The third-order valence-electron chi connectivity index (χ3n) is 5.02. The van der Waals surface area contributed by atoms with Gasteiger partial charge in [-0.2, -0.15) is 0 Å². The minimum atomic E-state index is -0.482. The number of halogens is 1. The zero-order chi connectivity index (χ0) is 20.4. The molecule has 29 heavy (non-hydrogen) atoms. The number of aromatic nitrogens is 2. The van der Waals surface area contributed by atoms with Crippen molar-refractivity contribution in [2.24, 2.45) is 0 Å². The zero-order valence-corrected chi connectivity index (χ0v) is 16.8. The van der Waals surface area contributed by atoms with Crippen molar-refractivity contribution in [1.29, 1.82) is 0 Å². The first kappa shape index (κ1) is 19.8.